The standard InChI is InChI=1S/C18H24.2C2H5.Zn/c1-17(2,3)15-9-7-14-12-16(18(4,5)6)10-8-13(14)11-15;2*1-2;/h7-12H,1-6H3;2*1H2,2H3;. The average Bonchev–Trinajstić information content (AvgIpc) is 2.46. The van der Waals surface area contributed by atoms with Gasteiger partial charge in [0.25, 0.3) is 0 Å². The molecule has 0 N–H and O–H groups in total. The Morgan fingerprint density at radius 2 is 1.00 bits per heavy atom. The normalized spacial score (nSPS) is 11.7. The third-order valence-corrected chi connectivity index (χ3v) is 7.25. The van der Waals surface area contributed by atoms with E-state index >= 15 is 0 Å². The molecule has 0 aromatic heterocycles. The minimum atomic E-state index is 0.0972. The van der Waals surface area contributed by atoms with Crippen molar-refractivity contribution in [1.29, 1.82) is 0 Å². The Bertz CT molecular complexity index is 557. The van der Waals surface area contributed by atoms with Crippen LogP contribution in [0.4, 0.5) is 0 Å². The quantitative estimate of drug-likeness (QED) is 0.488. The molecule has 0 atom stereocenters. The van der Waals surface area contributed by atoms with Crippen LogP contribution in [0.3, 0.4) is 0 Å². The molecule has 0 aliphatic carbocycles. The van der Waals surface area contributed by atoms with E-state index in [0.29, 0.717) is 0 Å². The first kappa shape index (κ1) is 20.4. The van der Waals surface area contributed by atoms with Crippen molar-refractivity contribution in [2.45, 2.75) is 76.3 Å². The second-order valence-electron chi connectivity index (χ2n) is 8.63. The molecule has 0 heterocycles. The van der Waals surface area contributed by atoms with Gasteiger partial charge in [0.2, 0.25) is 0 Å². The molecule has 0 fully saturated rings. The zero-order valence-electron chi connectivity index (χ0n) is 16.6. The molecule has 0 bridgehead atoms. The molecule has 0 nitrogen and oxygen atoms in total. The topological polar surface area (TPSA) is 0 Å². The average molecular weight is 364 g/mol. The van der Waals surface area contributed by atoms with E-state index in [-0.39, 0.29) is 28.0 Å². The van der Waals surface area contributed by atoms with Crippen molar-refractivity contribution >= 4 is 10.8 Å². The number of benzene rings is 2. The summed E-state index contributed by atoms with van der Waals surface area (Å²) in [5, 5.41) is 5.75. The van der Waals surface area contributed by atoms with E-state index in [1.807, 2.05) is 0 Å². The molecule has 2 rings (SSSR count). The first-order chi connectivity index (χ1) is 10.6. The summed E-state index contributed by atoms with van der Waals surface area (Å²) in [5.74, 6) is 0. The molecule has 0 aliphatic rings. The van der Waals surface area contributed by atoms with Gasteiger partial charge in [-0.15, -0.1) is 0 Å². The van der Waals surface area contributed by atoms with Crippen molar-refractivity contribution in [3.05, 3.63) is 47.5 Å². The fraction of sp³-hybridized carbons (Fsp3) is 0.545. The van der Waals surface area contributed by atoms with Crippen LogP contribution >= 0.6 is 0 Å². The van der Waals surface area contributed by atoms with Gasteiger partial charge in [0.05, 0.1) is 0 Å². The summed E-state index contributed by atoms with van der Waals surface area (Å²) < 4.78 is 0. The van der Waals surface area contributed by atoms with Gasteiger partial charge in [-0.2, -0.15) is 0 Å². The first-order valence-electron chi connectivity index (χ1n) is 9.14. The molecule has 2 aromatic rings. The van der Waals surface area contributed by atoms with E-state index in [4.69, 9.17) is 0 Å². The predicted octanol–water partition coefficient (Wildman–Crippen LogP) is 7.38. The van der Waals surface area contributed by atoms with Crippen LogP contribution in [0.15, 0.2) is 36.4 Å². The molecule has 0 unspecified atom stereocenters. The maximum absolute atomic E-state index is 2.32. The van der Waals surface area contributed by atoms with Gasteiger partial charge in [-0.1, -0.05) is 77.9 Å². The molecular formula is C22H34Zn. The summed E-state index contributed by atoms with van der Waals surface area (Å²) in [6.07, 6.45) is 0. The summed E-state index contributed by atoms with van der Waals surface area (Å²) in [5.41, 5.74) is 3.24. The molecule has 0 saturated heterocycles. The van der Waals surface area contributed by atoms with Crippen LogP contribution in [0.1, 0.15) is 66.5 Å². The Labute approximate surface area is 151 Å². The van der Waals surface area contributed by atoms with E-state index in [1.54, 1.807) is 0 Å². The summed E-state index contributed by atoms with van der Waals surface area (Å²) in [6.45, 7) is 18.2. The SMILES string of the molecule is CC(C)(C)c1ccc2cc(C(C)(C)C)ccc2c1.C[CH2][Zn][CH2]C. The van der Waals surface area contributed by atoms with Crippen molar-refractivity contribution in [2.24, 2.45) is 0 Å². The Morgan fingerprint density at radius 3 is 1.22 bits per heavy atom. The van der Waals surface area contributed by atoms with Crippen molar-refractivity contribution in [3.8, 4) is 0 Å². The molecular weight excluding hydrogens is 330 g/mol. The minimum absolute atomic E-state index is 0.0972. The van der Waals surface area contributed by atoms with Crippen molar-refractivity contribution in [2.75, 3.05) is 0 Å². The molecule has 0 spiro atoms. The molecule has 2 aromatic carbocycles. The van der Waals surface area contributed by atoms with Crippen LogP contribution in [0.25, 0.3) is 10.8 Å². The Morgan fingerprint density at radius 1 is 0.652 bits per heavy atom. The third kappa shape index (κ3) is 6.38. The number of hydrogen-bond acceptors (Lipinski definition) is 0. The zero-order valence-corrected chi connectivity index (χ0v) is 19.6. The Hall–Kier alpha value is -0.677. The van der Waals surface area contributed by atoms with Crippen LogP contribution in [-0.2, 0) is 28.0 Å². The fourth-order valence-corrected chi connectivity index (χ4v) is 4.02. The van der Waals surface area contributed by atoms with Gasteiger partial charge in [0, 0.05) is 0 Å². The summed E-state index contributed by atoms with van der Waals surface area (Å²) in [7, 11) is 0. The predicted molar refractivity (Wildman–Crippen MR) is 102 cm³/mol. The monoisotopic (exact) mass is 362 g/mol. The Kier molecular flexibility index (Phi) is 7.47. The van der Waals surface area contributed by atoms with Gasteiger partial charge in [0.15, 0.2) is 0 Å². The second kappa shape index (κ2) is 8.43. The van der Waals surface area contributed by atoms with Gasteiger partial charge in [-0.05, 0) is 32.7 Å². The van der Waals surface area contributed by atoms with Crippen molar-refractivity contribution < 1.29 is 17.1 Å². The maximum atomic E-state index is 2.32. The van der Waals surface area contributed by atoms with E-state index in [9.17, 15) is 0 Å². The van der Waals surface area contributed by atoms with Gasteiger partial charge in [-0.3, -0.25) is 0 Å². The number of hydrogen-bond donors (Lipinski definition) is 0. The van der Waals surface area contributed by atoms with E-state index < -0.39 is 0 Å². The second-order valence-corrected chi connectivity index (χ2v) is 14.3. The number of rotatable bonds is 2. The summed E-state index contributed by atoms with van der Waals surface area (Å²) in [4.78, 5) is 0. The van der Waals surface area contributed by atoms with Gasteiger partial charge < -0.3 is 0 Å². The molecule has 124 valence electrons. The van der Waals surface area contributed by atoms with E-state index in [2.05, 4.69) is 91.8 Å². The van der Waals surface area contributed by atoms with Gasteiger partial charge in [-0.25, -0.2) is 0 Å². The molecule has 0 saturated carbocycles. The van der Waals surface area contributed by atoms with Crippen LogP contribution < -0.4 is 0 Å². The van der Waals surface area contributed by atoms with Crippen LogP contribution in [0.2, 0.25) is 10.0 Å². The summed E-state index contributed by atoms with van der Waals surface area (Å²) in [6, 6.07) is 13.7. The molecule has 0 radical (unpaired) electrons. The molecule has 23 heavy (non-hydrogen) atoms. The van der Waals surface area contributed by atoms with Crippen LogP contribution in [-0.4, -0.2) is 0 Å². The third-order valence-electron chi connectivity index (χ3n) is 4.28. The number of fused-ring (bicyclic) bond motifs is 1. The molecule has 0 amide bonds. The van der Waals surface area contributed by atoms with Crippen LogP contribution in [0.5, 0.6) is 0 Å². The fourth-order valence-electron chi connectivity index (χ4n) is 2.53. The molecule has 1 heteroatoms. The van der Waals surface area contributed by atoms with Crippen LogP contribution in [0, 0.1) is 0 Å². The van der Waals surface area contributed by atoms with Gasteiger partial charge in [0.1, 0.15) is 0 Å². The Balaban J connectivity index is 0.000000463. The van der Waals surface area contributed by atoms with Crippen molar-refractivity contribution in [1.82, 2.24) is 0 Å². The van der Waals surface area contributed by atoms with E-state index in [1.165, 1.54) is 31.9 Å². The zero-order chi connectivity index (χ0) is 17.7. The summed E-state index contributed by atoms with van der Waals surface area (Å²) >= 11 is 0.0972. The first-order valence-corrected chi connectivity index (χ1v) is 13.3. The molecule has 0 aliphatic heterocycles. The van der Waals surface area contributed by atoms with Gasteiger partial charge >= 0.3 is 41.0 Å². The van der Waals surface area contributed by atoms with E-state index in [0.717, 1.165) is 0 Å². The van der Waals surface area contributed by atoms with Crippen molar-refractivity contribution in [3.63, 3.8) is 0 Å².